The summed E-state index contributed by atoms with van der Waals surface area (Å²) in [7, 11) is 1.45. The number of rotatable bonds is 3. The molecule has 1 rings (SSSR count). The van der Waals surface area contributed by atoms with Crippen molar-refractivity contribution < 1.29 is 19.4 Å². The normalized spacial score (nSPS) is 10.0. The zero-order chi connectivity index (χ0) is 12.1. The molecule has 1 aromatic rings. The molecular formula is C11H15NO4. The van der Waals surface area contributed by atoms with Crippen molar-refractivity contribution in [1.82, 2.24) is 5.32 Å². The Bertz CT molecular complexity index is 376. The lowest BCUT2D eigenvalue weighted by Crippen LogP contribution is -2.22. The maximum atomic E-state index is 11.1. The Kier molecular flexibility index (Phi) is 3.99. The van der Waals surface area contributed by atoms with Crippen LogP contribution in [0.4, 0.5) is 4.79 Å². The Hall–Kier alpha value is -1.91. The number of benzene rings is 1. The first-order chi connectivity index (χ1) is 7.54. The van der Waals surface area contributed by atoms with E-state index < -0.39 is 6.09 Å². The van der Waals surface area contributed by atoms with Crippen LogP contribution in [0.2, 0.25) is 0 Å². The van der Waals surface area contributed by atoms with Crippen LogP contribution in [0.15, 0.2) is 18.2 Å². The van der Waals surface area contributed by atoms with Gasteiger partial charge in [-0.15, -0.1) is 0 Å². The molecule has 5 nitrogen and oxygen atoms in total. The molecule has 0 aliphatic heterocycles. The third-order valence-electron chi connectivity index (χ3n) is 1.72. The van der Waals surface area contributed by atoms with E-state index in [9.17, 15) is 9.90 Å². The summed E-state index contributed by atoms with van der Waals surface area (Å²) in [4.78, 5) is 11.1. The molecule has 0 saturated heterocycles. The molecule has 0 atom stereocenters. The predicted octanol–water partition coefficient (Wildman–Crippen LogP) is 1.90. The average molecular weight is 225 g/mol. The second-order valence-corrected chi connectivity index (χ2v) is 3.41. The quantitative estimate of drug-likeness (QED) is 0.824. The number of carbonyl (C=O) groups excluding carboxylic acids is 1. The molecule has 88 valence electrons. The maximum absolute atomic E-state index is 11.1. The van der Waals surface area contributed by atoms with Crippen LogP contribution in [-0.4, -0.2) is 24.4 Å². The van der Waals surface area contributed by atoms with Crippen molar-refractivity contribution in [2.75, 3.05) is 7.05 Å². The molecule has 0 aliphatic rings. The number of phenolic OH excluding ortho intramolecular Hbond substituents is 1. The van der Waals surface area contributed by atoms with Crippen LogP contribution in [0.5, 0.6) is 17.2 Å². The summed E-state index contributed by atoms with van der Waals surface area (Å²) in [6, 6.07) is 4.59. The van der Waals surface area contributed by atoms with E-state index in [1.807, 2.05) is 13.8 Å². The van der Waals surface area contributed by atoms with E-state index in [0.717, 1.165) is 0 Å². The van der Waals surface area contributed by atoms with Crippen molar-refractivity contribution in [3.63, 3.8) is 0 Å². The lowest BCUT2D eigenvalue weighted by molar-refractivity contribution is 0.191. The number of para-hydroxylation sites is 1. The van der Waals surface area contributed by atoms with Crippen LogP contribution in [0.1, 0.15) is 13.8 Å². The van der Waals surface area contributed by atoms with Gasteiger partial charge in [0.05, 0.1) is 6.10 Å². The van der Waals surface area contributed by atoms with Gasteiger partial charge in [-0.05, 0) is 26.0 Å². The summed E-state index contributed by atoms with van der Waals surface area (Å²) in [6.07, 6.45) is -0.737. The summed E-state index contributed by atoms with van der Waals surface area (Å²) in [5.41, 5.74) is 0. The van der Waals surface area contributed by atoms with E-state index in [-0.39, 0.29) is 23.4 Å². The minimum Gasteiger partial charge on any atom is -0.504 e. The fourth-order valence-electron chi connectivity index (χ4n) is 1.09. The highest BCUT2D eigenvalue weighted by molar-refractivity contribution is 5.71. The van der Waals surface area contributed by atoms with Gasteiger partial charge >= 0.3 is 6.09 Å². The second-order valence-electron chi connectivity index (χ2n) is 3.41. The van der Waals surface area contributed by atoms with Gasteiger partial charge in [-0.2, -0.15) is 0 Å². The van der Waals surface area contributed by atoms with Crippen molar-refractivity contribution in [2.45, 2.75) is 20.0 Å². The molecule has 0 bridgehead atoms. The molecule has 0 saturated carbocycles. The number of hydrogen-bond acceptors (Lipinski definition) is 4. The molecule has 0 radical (unpaired) electrons. The number of nitrogens with one attached hydrogen (secondary N) is 1. The standard InChI is InChI=1S/C11H15NO4/c1-7(2)15-10-8(13)5-4-6-9(10)16-11(14)12-3/h4-7,13H,1-3H3,(H,12,14). The Labute approximate surface area is 94.0 Å². The first-order valence-electron chi connectivity index (χ1n) is 4.92. The molecule has 1 aromatic carbocycles. The Morgan fingerprint density at radius 2 is 2.12 bits per heavy atom. The van der Waals surface area contributed by atoms with Gasteiger partial charge < -0.3 is 19.9 Å². The summed E-state index contributed by atoms with van der Waals surface area (Å²) >= 11 is 0. The third kappa shape index (κ3) is 3.05. The molecule has 16 heavy (non-hydrogen) atoms. The SMILES string of the molecule is CNC(=O)Oc1cccc(O)c1OC(C)C. The van der Waals surface area contributed by atoms with E-state index >= 15 is 0 Å². The first kappa shape index (κ1) is 12.2. The summed E-state index contributed by atoms with van der Waals surface area (Å²) < 4.78 is 10.3. The van der Waals surface area contributed by atoms with Crippen LogP contribution in [0, 0.1) is 0 Å². The molecule has 0 fully saturated rings. The third-order valence-corrected chi connectivity index (χ3v) is 1.72. The van der Waals surface area contributed by atoms with E-state index in [0.29, 0.717) is 0 Å². The van der Waals surface area contributed by atoms with Gasteiger partial charge in [0, 0.05) is 7.05 Å². The van der Waals surface area contributed by atoms with Crippen LogP contribution in [-0.2, 0) is 0 Å². The maximum Gasteiger partial charge on any atom is 0.412 e. The smallest absolute Gasteiger partial charge is 0.412 e. The molecule has 0 heterocycles. The monoisotopic (exact) mass is 225 g/mol. The second kappa shape index (κ2) is 5.25. The highest BCUT2D eigenvalue weighted by Gasteiger charge is 2.14. The number of carbonyl (C=O) groups is 1. The van der Waals surface area contributed by atoms with E-state index in [1.54, 1.807) is 12.1 Å². The van der Waals surface area contributed by atoms with Crippen LogP contribution >= 0.6 is 0 Å². The molecule has 0 aromatic heterocycles. The minimum atomic E-state index is -0.612. The lowest BCUT2D eigenvalue weighted by atomic mass is 10.3. The van der Waals surface area contributed by atoms with Gasteiger partial charge in [0.2, 0.25) is 5.75 Å². The molecule has 0 aliphatic carbocycles. The number of hydrogen-bond donors (Lipinski definition) is 2. The summed E-state index contributed by atoms with van der Waals surface area (Å²) in [5.74, 6) is 0.296. The number of ether oxygens (including phenoxy) is 2. The topological polar surface area (TPSA) is 67.8 Å². The van der Waals surface area contributed by atoms with Crippen LogP contribution in [0.3, 0.4) is 0 Å². The van der Waals surface area contributed by atoms with Gasteiger partial charge in [-0.3, -0.25) is 0 Å². The van der Waals surface area contributed by atoms with Crippen LogP contribution < -0.4 is 14.8 Å². The molecular weight excluding hydrogens is 210 g/mol. The van der Waals surface area contributed by atoms with Crippen molar-refractivity contribution in [1.29, 1.82) is 0 Å². The minimum absolute atomic E-state index is 0.0601. The van der Waals surface area contributed by atoms with Gasteiger partial charge in [0.15, 0.2) is 11.5 Å². The predicted molar refractivity (Wildman–Crippen MR) is 59.0 cm³/mol. The Balaban J connectivity index is 2.98. The van der Waals surface area contributed by atoms with E-state index in [2.05, 4.69) is 5.32 Å². The van der Waals surface area contributed by atoms with Gasteiger partial charge in [-0.25, -0.2) is 4.79 Å². The zero-order valence-corrected chi connectivity index (χ0v) is 9.48. The number of amides is 1. The summed E-state index contributed by atoms with van der Waals surface area (Å²) in [5, 5.41) is 11.9. The van der Waals surface area contributed by atoms with Crippen molar-refractivity contribution in [2.24, 2.45) is 0 Å². The molecule has 2 N–H and O–H groups in total. The lowest BCUT2D eigenvalue weighted by Gasteiger charge is -2.14. The van der Waals surface area contributed by atoms with Crippen LogP contribution in [0.25, 0.3) is 0 Å². The molecule has 1 amide bonds. The number of aromatic hydroxyl groups is 1. The van der Waals surface area contributed by atoms with Gasteiger partial charge in [0.1, 0.15) is 0 Å². The Morgan fingerprint density at radius 1 is 1.44 bits per heavy atom. The molecule has 0 spiro atoms. The molecule has 0 unspecified atom stereocenters. The Morgan fingerprint density at radius 3 is 2.69 bits per heavy atom. The fourth-order valence-corrected chi connectivity index (χ4v) is 1.09. The van der Waals surface area contributed by atoms with Crippen molar-refractivity contribution >= 4 is 6.09 Å². The average Bonchev–Trinajstić information content (AvgIpc) is 2.22. The first-order valence-corrected chi connectivity index (χ1v) is 4.92. The largest absolute Gasteiger partial charge is 0.504 e. The van der Waals surface area contributed by atoms with Gasteiger partial charge in [0.25, 0.3) is 0 Å². The highest BCUT2D eigenvalue weighted by atomic mass is 16.6. The van der Waals surface area contributed by atoms with Crippen molar-refractivity contribution in [3.05, 3.63) is 18.2 Å². The zero-order valence-electron chi connectivity index (χ0n) is 9.48. The number of phenols is 1. The highest BCUT2D eigenvalue weighted by Crippen LogP contribution is 2.36. The van der Waals surface area contributed by atoms with Crippen molar-refractivity contribution in [3.8, 4) is 17.2 Å². The molecule has 5 heteroatoms. The van der Waals surface area contributed by atoms with E-state index in [1.165, 1.54) is 13.1 Å². The summed E-state index contributed by atoms with van der Waals surface area (Å²) in [6.45, 7) is 3.63. The van der Waals surface area contributed by atoms with Gasteiger partial charge in [-0.1, -0.05) is 6.07 Å². The van der Waals surface area contributed by atoms with E-state index in [4.69, 9.17) is 9.47 Å². The fraction of sp³-hybridized carbons (Fsp3) is 0.364.